The van der Waals surface area contributed by atoms with Crippen molar-refractivity contribution in [3.05, 3.63) is 30.1 Å². The van der Waals surface area contributed by atoms with Crippen molar-refractivity contribution in [1.29, 1.82) is 0 Å². The zero-order valence-electron chi connectivity index (χ0n) is 6.83. The summed E-state index contributed by atoms with van der Waals surface area (Å²) >= 11 is 0. The molecule has 2 heteroatoms. The van der Waals surface area contributed by atoms with Gasteiger partial charge in [-0.05, 0) is 12.5 Å². The van der Waals surface area contributed by atoms with E-state index in [0.717, 1.165) is 0 Å². The van der Waals surface area contributed by atoms with Crippen molar-refractivity contribution < 1.29 is 4.57 Å². The molecule has 0 aliphatic carbocycles. The van der Waals surface area contributed by atoms with Crippen LogP contribution >= 0.6 is 0 Å². The van der Waals surface area contributed by atoms with Crippen molar-refractivity contribution >= 4 is 7.85 Å². The van der Waals surface area contributed by atoms with Gasteiger partial charge in [-0.2, -0.15) is 0 Å². The first-order valence-corrected chi connectivity index (χ1v) is 3.28. The van der Waals surface area contributed by atoms with E-state index in [1.54, 1.807) is 0 Å². The SMILES string of the molecule is Cc1cc[n+](C)cc1.[B]C. The Morgan fingerprint density at radius 2 is 1.60 bits per heavy atom. The van der Waals surface area contributed by atoms with Gasteiger partial charge < -0.3 is 0 Å². The number of hydrogen-bond donors (Lipinski definition) is 0. The molecule has 0 fully saturated rings. The summed E-state index contributed by atoms with van der Waals surface area (Å²) in [5, 5.41) is 0. The van der Waals surface area contributed by atoms with Crippen LogP contribution in [-0.4, -0.2) is 7.85 Å². The number of aromatic nitrogens is 1. The van der Waals surface area contributed by atoms with Crippen LogP contribution in [0, 0.1) is 6.92 Å². The zero-order chi connectivity index (χ0) is 7.98. The Labute approximate surface area is 64.1 Å². The van der Waals surface area contributed by atoms with E-state index in [-0.39, 0.29) is 0 Å². The number of pyridine rings is 1. The Bertz CT molecular complexity index is 148. The van der Waals surface area contributed by atoms with Crippen molar-refractivity contribution in [3.63, 3.8) is 0 Å². The Morgan fingerprint density at radius 3 is 1.90 bits per heavy atom. The van der Waals surface area contributed by atoms with Gasteiger partial charge in [-0.25, -0.2) is 4.57 Å². The molecular weight excluding hydrogens is 121 g/mol. The van der Waals surface area contributed by atoms with Gasteiger partial charge in [0.2, 0.25) is 0 Å². The lowest BCUT2D eigenvalue weighted by molar-refractivity contribution is -0.671. The number of aryl methyl sites for hydroxylation is 2. The molecule has 1 nitrogen and oxygen atoms in total. The lowest BCUT2D eigenvalue weighted by Crippen LogP contribution is -2.25. The summed E-state index contributed by atoms with van der Waals surface area (Å²) in [5.74, 6) is 0. The Balaban J connectivity index is 0.000000371. The van der Waals surface area contributed by atoms with Gasteiger partial charge in [0.15, 0.2) is 12.4 Å². The van der Waals surface area contributed by atoms with Crippen LogP contribution in [0.25, 0.3) is 0 Å². The molecule has 10 heavy (non-hydrogen) atoms. The van der Waals surface area contributed by atoms with Gasteiger partial charge >= 0.3 is 0 Å². The smallest absolute Gasteiger partial charge is 0.168 e. The van der Waals surface area contributed by atoms with Crippen LogP contribution in [0.3, 0.4) is 0 Å². The highest BCUT2D eigenvalue weighted by Gasteiger charge is 1.85. The summed E-state index contributed by atoms with van der Waals surface area (Å²) in [6.45, 7) is 3.58. The van der Waals surface area contributed by atoms with Gasteiger partial charge in [0.25, 0.3) is 0 Å². The third-order valence-corrected chi connectivity index (χ3v) is 1.15. The first kappa shape index (κ1) is 9.21. The van der Waals surface area contributed by atoms with Crippen molar-refractivity contribution in [3.8, 4) is 0 Å². The summed E-state index contributed by atoms with van der Waals surface area (Å²) in [6, 6.07) is 4.17. The predicted molar refractivity (Wildman–Crippen MR) is 44.0 cm³/mol. The summed E-state index contributed by atoms with van der Waals surface area (Å²) in [5.41, 5.74) is 1.31. The van der Waals surface area contributed by atoms with E-state index in [1.807, 2.05) is 24.0 Å². The van der Waals surface area contributed by atoms with Gasteiger partial charge in [0.05, 0.1) is 7.85 Å². The summed E-state index contributed by atoms with van der Waals surface area (Å²) in [4.78, 5) is 0. The standard InChI is InChI=1S/C7H10N.CH3B/c1-7-3-5-8(2)6-4-7;1-2/h3-6H,1-2H3;1H3/q+1;. The Morgan fingerprint density at radius 1 is 1.20 bits per heavy atom. The highest BCUT2D eigenvalue weighted by atomic mass is 14.9. The molecule has 0 spiro atoms. The van der Waals surface area contributed by atoms with Gasteiger partial charge in [-0.1, -0.05) is 6.82 Å². The fourth-order valence-electron chi connectivity index (χ4n) is 0.576. The summed E-state index contributed by atoms with van der Waals surface area (Å²) in [7, 11) is 6.51. The van der Waals surface area contributed by atoms with Crippen molar-refractivity contribution in [2.24, 2.45) is 7.05 Å². The molecule has 2 radical (unpaired) electrons. The lowest BCUT2D eigenvalue weighted by atomic mass is 10.2. The zero-order valence-corrected chi connectivity index (χ0v) is 6.83. The lowest BCUT2D eigenvalue weighted by Gasteiger charge is -1.85. The fourth-order valence-corrected chi connectivity index (χ4v) is 0.576. The molecule has 0 atom stereocenters. The van der Waals surface area contributed by atoms with Crippen LogP contribution in [0.2, 0.25) is 6.82 Å². The third kappa shape index (κ3) is 3.28. The van der Waals surface area contributed by atoms with Gasteiger partial charge in [0.1, 0.15) is 7.05 Å². The summed E-state index contributed by atoms with van der Waals surface area (Å²) < 4.78 is 2.02. The van der Waals surface area contributed by atoms with Crippen molar-refractivity contribution in [1.82, 2.24) is 0 Å². The fraction of sp³-hybridized carbons (Fsp3) is 0.375. The van der Waals surface area contributed by atoms with Crippen LogP contribution in [0.15, 0.2) is 24.5 Å². The highest BCUT2D eigenvalue weighted by Crippen LogP contribution is 1.87. The summed E-state index contributed by atoms with van der Waals surface area (Å²) in [6.07, 6.45) is 4.07. The molecule has 0 bridgehead atoms. The molecular formula is C8H13BN+. The molecule has 0 saturated carbocycles. The topological polar surface area (TPSA) is 3.88 Å². The maximum absolute atomic E-state index is 4.50. The van der Waals surface area contributed by atoms with Crippen LogP contribution < -0.4 is 4.57 Å². The predicted octanol–water partition coefficient (Wildman–Crippen LogP) is 1.02. The van der Waals surface area contributed by atoms with E-state index in [4.69, 9.17) is 0 Å². The largest absolute Gasteiger partial charge is 0.208 e. The molecule has 0 saturated heterocycles. The van der Waals surface area contributed by atoms with Gasteiger partial charge in [-0.15, -0.1) is 0 Å². The second-order valence-corrected chi connectivity index (χ2v) is 2.04. The third-order valence-electron chi connectivity index (χ3n) is 1.15. The molecule has 0 amide bonds. The van der Waals surface area contributed by atoms with E-state index < -0.39 is 0 Å². The van der Waals surface area contributed by atoms with E-state index in [9.17, 15) is 0 Å². The van der Waals surface area contributed by atoms with Crippen LogP contribution in [-0.2, 0) is 7.05 Å². The van der Waals surface area contributed by atoms with E-state index in [2.05, 4.69) is 26.9 Å². The first-order valence-electron chi connectivity index (χ1n) is 3.28. The monoisotopic (exact) mass is 134 g/mol. The van der Waals surface area contributed by atoms with Crippen molar-refractivity contribution in [2.45, 2.75) is 13.7 Å². The molecule has 0 unspecified atom stereocenters. The minimum absolute atomic E-state index is 1.31. The second-order valence-electron chi connectivity index (χ2n) is 2.04. The van der Waals surface area contributed by atoms with E-state index in [1.165, 1.54) is 12.4 Å². The van der Waals surface area contributed by atoms with Crippen LogP contribution in [0.1, 0.15) is 5.56 Å². The molecule has 52 valence electrons. The molecule has 1 rings (SSSR count). The van der Waals surface area contributed by atoms with E-state index >= 15 is 0 Å². The normalized spacial score (nSPS) is 7.90. The number of rotatable bonds is 0. The molecule has 0 aliphatic heterocycles. The highest BCUT2D eigenvalue weighted by molar-refractivity contribution is 6.05. The second kappa shape index (κ2) is 5.04. The van der Waals surface area contributed by atoms with Gasteiger partial charge in [0, 0.05) is 12.1 Å². The molecule has 0 aliphatic rings. The average Bonchev–Trinajstić information content (AvgIpc) is 2.00. The molecule has 1 aromatic heterocycles. The minimum Gasteiger partial charge on any atom is -0.208 e. The minimum atomic E-state index is 1.31. The van der Waals surface area contributed by atoms with Gasteiger partial charge in [-0.3, -0.25) is 0 Å². The quantitative estimate of drug-likeness (QED) is 0.368. The molecule has 1 aromatic rings. The number of hydrogen-bond acceptors (Lipinski definition) is 0. The maximum Gasteiger partial charge on any atom is 0.168 e. The molecule has 1 heterocycles. The maximum atomic E-state index is 4.50. The van der Waals surface area contributed by atoms with E-state index in [0.29, 0.717) is 0 Å². The first-order chi connectivity index (χ1) is 4.79. The Hall–Kier alpha value is -0.785. The average molecular weight is 134 g/mol. The van der Waals surface area contributed by atoms with Crippen molar-refractivity contribution in [2.75, 3.05) is 0 Å². The van der Waals surface area contributed by atoms with Crippen LogP contribution in [0.5, 0.6) is 0 Å². The molecule has 0 aromatic carbocycles. The number of nitrogens with zero attached hydrogens (tertiary/aromatic N) is 1. The van der Waals surface area contributed by atoms with Crippen LogP contribution in [0.4, 0.5) is 0 Å². The Kier molecular flexibility index (Phi) is 4.64. The molecule has 0 N–H and O–H groups in total.